The van der Waals surface area contributed by atoms with Crippen LogP contribution in [0, 0.1) is 6.92 Å². The summed E-state index contributed by atoms with van der Waals surface area (Å²) in [5, 5.41) is 14.2. The van der Waals surface area contributed by atoms with Gasteiger partial charge in [0.1, 0.15) is 17.2 Å². The number of carbonyl (C=O) groups excluding carboxylic acids is 1. The van der Waals surface area contributed by atoms with Crippen LogP contribution in [0.2, 0.25) is 0 Å². The highest BCUT2D eigenvalue weighted by molar-refractivity contribution is 5.95. The largest absolute Gasteiger partial charge is 0.465 e. The van der Waals surface area contributed by atoms with Gasteiger partial charge in [0, 0.05) is 16.8 Å². The zero-order valence-electron chi connectivity index (χ0n) is 15.8. The van der Waals surface area contributed by atoms with Crippen LogP contribution in [0.1, 0.15) is 21.9 Å². The van der Waals surface area contributed by atoms with E-state index in [0.717, 1.165) is 11.3 Å². The Morgan fingerprint density at radius 2 is 1.86 bits per heavy atom. The molecule has 4 rings (SSSR count). The Labute approximate surface area is 167 Å². The Morgan fingerprint density at radius 3 is 2.59 bits per heavy atom. The van der Waals surface area contributed by atoms with E-state index < -0.39 is 0 Å². The summed E-state index contributed by atoms with van der Waals surface area (Å²) in [6.45, 7) is 2.20. The predicted octanol–water partition coefficient (Wildman–Crippen LogP) is 4.11. The molecular weight excluding hydrogens is 366 g/mol. The van der Waals surface area contributed by atoms with Crippen LogP contribution in [0.3, 0.4) is 0 Å². The smallest absolute Gasteiger partial charge is 0.251 e. The number of nitrogens with one attached hydrogen (secondary N) is 2. The van der Waals surface area contributed by atoms with Gasteiger partial charge in [-0.3, -0.25) is 4.79 Å². The second-order valence-electron chi connectivity index (χ2n) is 6.43. The third-order valence-electron chi connectivity index (χ3n) is 4.23. The van der Waals surface area contributed by atoms with Crippen LogP contribution in [0.25, 0.3) is 11.3 Å². The van der Waals surface area contributed by atoms with Crippen LogP contribution in [0.5, 0.6) is 0 Å². The zero-order chi connectivity index (χ0) is 20.1. The van der Waals surface area contributed by atoms with E-state index in [4.69, 9.17) is 4.42 Å². The van der Waals surface area contributed by atoms with Gasteiger partial charge in [0.15, 0.2) is 0 Å². The molecule has 2 N–H and O–H groups in total. The Hall–Kier alpha value is -4.00. The van der Waals surface area contributed by atoms with E-state index in [1.807, 2.05) is 55.5 Å². The molecule has 0 unspecified atom stereocenters. The van der Waals surface area contributed by atoms with E-state index in [2.05, 4.69) is 25.8 Å². The molecule has 7 heteroatoms. The van der Waals surface area contributed by atoms with Crippen molar-refractivity contribution in [2.75, 3.05) is 5.32 Å². The van der Waals surface area contributed by atoms with Crippen LogP contribution in [-0.2, 0) is 6.54 Å². The zero-order valence-corrected chi connectivity index (χ0v) is 15.8. The average molecular weight is 385 g/mol. The van der Waals surface area contributed by atoms with Gasteiger partial charge < -0.3 is 15.1 Å². The summed E-state index contributed by atoms with van der Waals surface area (Å²) in [5.41, 5.74) is 2.86. The van der Waals surface area contributed by atoms with Gasteiger partial charge in [-0.2, -0.15) is 0 Å². The second-order valence-corrected chi connectivity index (χ2v) is 6.43. The van der Waals surface area contributed by atoms with Crippen molar-refractivity contribution in [3.05, 3.63) is 90.0 Å². The minimum Gasteiger partial charge on any atom is -0.465 e. The van der Waals surface area contributed by atoms with E-state index >= 15 is 0 Å². The Kier molecular flexibility index (Phi) is 5.29. The maximum Gasteiger partial charge on any atom is 0.251 e. The molecule has 2 heterocycles. The van der Waals surface area contributed by atoms with E-state index in [0.29, 0.717) is 35.2 Å². The number of amides is 1. The normalized spacial score (nSPS) is 10.5. The number of carbonyl (C=O) groups is 1. The van der Waals surface area contributed by atoms with Crippen molar-refractivity contribution in [2.45, 2.75) is 13.5 Å². The van der Waals surface area contributed by atoms with Gasteiger partial charge in [-0.05, 0) is 37.3 Å². The number of anilines is 2. The lowest BCUT2D eigenvalue weighted by molar-refractivity contribution is 0.0948. The quantitative estimate of drug-likeness (QED) is 0.519. The van der Waals surface area contributed by atoms with E-state index in [-0.39, 0.29) is 5.91 Å². The van der Waals surface area contributed by atoms with Crippen molar-refractivity contribution >= 4 is 17.5 Å². The highest BCUT2D eigenvalue weighted by Crippen LogP contribution is 2.17. The minimum absolute atomic E-state index is 0.193. The summed E-state index contributed by atoms with van der Waals surface area (Å²) < 4.78 is 5.46. The molecule has 2 aromatic carbocycles. The van der Waals surface area contributed by atoms with Crippen molar-refractivity contribution in [1.82, 2.24) is 20.5 Å². The number of nitrogens with zero attached hydrogens (tertiary/aromatic N) is 3. The maximum absolute atomic E-state index is 12.4. The van der Waals surface area contributed by atoms with Crippen LogP contribution in [0.4, 0.5) is 11.6 Å². The number of rotatable bonds is 6. The summed E-state index contributed by atoms with van der Waals surface area (Å²) in [5.74, 6) is 1.69. The summed E-state index contributed by atoms with van der Waals surface area (Å²) in [6.07, 6.45) is 1.66. The first-order valence-electron chi connectivity index (χ1n) is 9.13. The second kappa shape index (κ2) is 8.35. The molecule has 0 fully saturated rings. The molecule has 0 atom stereocenters. The molecule has 144 valence electrons. The fraction of sp³-hybridized carbons (Fsp3) is 0.0909. The molecule has 0 bridgehead atoms. The number of hydrogen-bond donors (Lipinski definition) is 2. The Balaban J connectivity index is 1.41. The SMILES string of the molecule is Cc1ccc(CNC(=O)c2cccc(Nc3ncc(-c4ccccc4)nn3)c2)o1. The van der Waals surface area contributed by atoms with Crippen molar-refractivity contribution in [1.29, 1.82) is 0 Å². The minimum atomic E-state index is -0.193. The number of aryl methyl sites for hydroxylation is 1. The number of furan rings is 1. The Bertz CT molecular complexity index is 1110. The first-order valence-corrected chi connectivity index (χ1v) is 9.13. The molecule has 0 saturated heterocycles. The summed E-state index contributed by atoms with van der Waals surface area (Å²) in [4.78, 5) is 16.7. The predicted molar refractivity (Wildman–Crippen MR) is 110 cm³/mol. The average Bonchev–Trinajstić information content (AvgIpc) is 3.18. The highest BCUT2D eigenvalue weighted by atomic mass is 16.3. The number of aromatic nitrogens is 3. The van der Waals surface area contributed by atoms with Gasteiger partial charge in [0.05, 0.1) is 12.7 Å². The third-order valence-corrected chi connectivity index (χ3v) is 4.23. The molecule has 0 aliphatic heterocycles. The molecule has 0 aliphatic carbocycles. The molecule has 0 saturated carbocycles. The van der Waals surface area contributed by atoms with Gasteiger partial charge in [-0.15, -0.1) is 10.2 Å². The molecule has 7 nitrogen and oxygen atoms in total. The molecule has 0 radical (unpaired) electrons. The lowest BCUT2D eigenvalue weighted by Gasteiger charge is -2.08. The van der Waals surface area contributed by atoms with Crippen LogP contribution in [0.15, 0.2) is 77.3 Å². The van der Waals surface area contributed by atoms with E-state index in [1.165, 1.54) is 0 Å². The number of hydrogen-bond acceptors (Lipinski definition) is 6. The van der Waals surface area contributed by atoms with Crippen molar-refractivity contribution in [3.63, 3.8) is 0 Å². The monoisotopic (exact) mass is 385 g/mol. The van der Waals surface area contributed by atoms with Gasteiger partial charge in [-0.1, -0.05) is 36.4 Å². The molecule has 4 aromatic rings. The van der Waals surface area contributed by atoms with Crippen molar-refractivity contribution < 1.29 is 9.21 Å². The summed E-state index contributed by atoms with van der Waals surface area (Å²) in [7, 11) is 0. The Morgan fingerprint density at radius 1 is 1.00 bits per heavy atom. The third kappa shape index (κ3) is 4.65. The lowest BCUT2D eigenvalue weighted by atomic mass is 10.2. The van der Waals surface area contributed by atoms with Crippen LogP contribution < -0.4 is 10.6 Å². The fourth-order valence-electron chi connectivity index (χ4n) is 2.79. The van der Waals surface area contributed by atoms with E-state index in [1.54, 1.807) is 24.4 Å². The molecular formula is C22H19N5O2. The molecule has 0 aliphatic rings. The standard InChI is InChI=1S/C22H19N5O2/c1-15-10-11-19(29-15)13-23-21(28)17-8-5-9-18(12-17)25-22-24-14-20(26-27-22)16-6-3-2-4-7-16/h2-12,14H,13H2,1H3,(H,23,28)(H,24,25,27). The van der Waals surface area contributed by atoms with Crippen LogP contribution >= 0.6 is 0 Å². The molecule has 2 aromatic heterocycles. The number of benzene rings is 2. The van der Waals surface area contributed by atoms with Crippen molar-refractivity contribution in [3.8, 4) is 11.3 Å². The van der Waals surface area contributed by atoms with Gasteiger partial charge in [0.25, 0.3) is 5.91 Å². The lowest BCUT2D eigenvalue weighted by Crippen LogP contribution is -2.22. The summed E-state index contributed by atoms with van der Waals surface area (Å²) in [6, 6.07) is 20.5. The molecule has 0 spiro atoms. The first-order chi connectivity index (χ1) is 14.2. The van der Waals surface area contributed by atoms with Crippen LogP contribution in [-0.4, -0.2) is 21.1 Å². The van der Waals surface area contributed by atoms with Crippen molar-refractivity contribution in [2.24, 2.45) is 0 Å². The van der Waals surface area contributed by atoms with Gasteiger partial charge in [0.2, 0.25) is 5.95 Å². The molecule has 1 amide bonds. The highest BCUT2D eigenvalue weighted by Gasteiger charge is 2.09. The molecule has 29 heavy (non-hydrogen) atoms. The first kappa shape index (κ1) is 18.4. The topological polar surface area (TPSA) is 92.9 Å². The fourth-order valence-corrected chi connectivity index (χ4v) is 2.79. The summed E-state index contributed by atoms with van der Waals surface area (Å²) >= 11 is 0. The van der Waals surface area contributed by atoms with E-state index in [9.17, 15) is 4.79 Å². The van der Waals surface area contributed by atoms with Gasteiger partial charge in [-0.25, -0.2) is 4.98 Å². The van der Waals surface area contributed by atoms with Gasteiger partial charge >= 0.3 is 0 Å². The maximum atomic E-state index is 12.4.